The van der Waals surface area contributed by atoms with Gasteiger partial charge in [0.1, 0.15) is 0 Å². The standard InChI is InChI=1S/C14H16N2O3/c1-2-19-14(17)12-7-11(15)3-4-13(12)16-8-10-5-6-18-9-10/h3-7,9,16H,2,8,15H2,1H3. The van der Waals surface area contributed by atoms with Gasteiger partial charge in [0.15, 0.2) is 0 Å². The molecule has 1 heterocycles. The first-order valence-corrected chi connectivity index (χ1v) is 6.02. The van der Waals surface area contributed by atoms with Gasteiger partial charge in [-0.25, -0.2) is 4.79 Å². The van der Waals surface area contributed by atoms with Gasteiger partial charge in [-0.3, -0.25) is 0 Å². The molecule has 3 N–H and O–H groups in total. The minimum atomic E-state index is -0.385. The van der Waals surface area contributed by atoms with E-state index in [1.54, 1.807) is 37.6 Å². The van der Waals surface area contributed by atoms with Crippen LogP contribution in [-0.2, 0) is 11.3 Å². The summed E-state index contributed by atoms with van der Waals surface area (Å²) in [5, 5.41) is 3.17. The Bertz CT molecular complexity index is 550. The average Bonchev–Trinajstić information content (AvgIpc) is 2.90. The van der Waals surface area contributed by atoms with E-state index in [0.717, 1.165) is 5.56 Å². The van der Waals surface area contributed by atoms with Crippen molar-refractivity contribution in [1.29, 1.82) is 0 Å². The molecule has 19 heavy (non-hydrogen) atoms. The number of anilines is 2. The van der Waals surface area contributed by atoms with Crippen molar-refractivity contribution in [3.63, 3.8) is 0 Å². The molecule has 0 saturated carbocycles. The van der Waals surface area contributed by atoms with Crippen molar-refractivity contribution in [3.8, 4) is 0 Å². The van der Waals surface area contributed by atoms with Crippen LogP contribution in [0.25, 0.3) is 0 Å². The second-order valence-electron chi connectivity index (χ2n) is 4.01. The third kappa shape index (κ3) is 3.28. The highest BCUT2D eigenvalue weighted by molar-refractivity contribution is 5.96. The van der Waals surface area contributed by atoms with E-state index in [9.17, 15) is 4.79 Å². The number of furan rings is 1. The molecular formula is C14H16N2O3. The molecule has 0 amide bonds. The molecule has 0 atom stereocenters. The molecule has 0 bridgehead atoms. The summed E-state index contributed by atoms with van der Waals surface area (Å²) < 4.78 is 9.99. The highest BCUT2D eigenvalue weighted by Gasteiger charge is 2.12. The number of nitrogens with two attached hydrogens (primary N) is 1. The summed E-state index contributed by atoms with van der Waals surface area (Å²) >= 11 is 0. The predicted octanol–water partition coefficient (Wildman–Crippen LogP) is 2.65. The summed E-state index contributed by atoms with van der Waals surface area (Å²) in [5.41, 5.74) is 8.34. The fourth-order valence-electron chi connectivity index (χ4n) is 1.68. The average molecular weight is 260 g/mol. The van der Waals surface area contributed by atoms with Gasteiger partial charge in [-0.1, -0.05) is 0 Å². The molecule has 0 aliphatic carbocycles. The first kappa shape index (κ1) is 13.0. The SMILES string of the molecule is CCOC(=O)c1cc(N)ccc1NCc1ccoc1. The smallest absolute Gasteiger partial charge is 0.340 e. The second-order valence-corrected chi connectivity index (χ2v) is 4.01. The molecule has 0 radical (unpaired) electrons. The minimum Gasteiger partial charge on any atom is -0.472 e. The van der Waals surface area contributed by atoms with Crippen molar-refractivity contribution in [2.45, 2.75) is 13.5 Å². The van der Waals surface area contributed by atoms with Crippen LogP contribution in [0, 0.1) is 0 Å². The molecule has 0 unspecified atom stereocenters. The number of esters is 1. The van der Waals surface area contributed by atoms with Gasteiger partial charge >= 0.3 is 5.97 Å². The summed E-state index contributed by atoms with van der Waals surface area (Å²) in [6.45, 7) is 2.66. The fourth-order valence-corrected chi connectivity index (χ4v) is 1.68. The number of hydrogen-bond donors (Lipinski definition) is 2. The van der Waals surface area contributed by atoms with E-state index in [1.165, 1.54) is 0 Å². The molecular weight excluding hydrogens is 244 g/mol. The number of ether oxygens (including phenoxy) is 1. The van der Waals surface area contributed by atoms with Gasteiger partial charge in [0.25, 0.3) is 0 Å². The molecule has 1 aromatic heterocycles. The van der Waals surface area contributed by atoms with Gasteiger partial charge in [0.05, 0.1) is 24.7 Å². The summed E-state index contributed by atoms with van der Waals surface area (Å²) in [7, 11) is 0. The lowest BCUT2D eigenvalue weighted by atomic mass is 10.1. The molecule has 2 rings (SSSR count). The van der Waals surface area contributed by atoms with Gasteiger partial charge in [0.2, 0.25) is 0 Å². The molecule has 100 valence electrons. The number of nitrogen functional groups attached to an aromatic ring is 1. The van der Waals surface area contributed by atoms with Crippen molar-refractivity contribution < 1.29 is 13.9 Å². The van der Waals surface area contributed by atoms with Gasteiger partial charge in [0, 0.05) is 23.5 Å². The predicted molar refractivity (Wildman–Crippen MR) is 72.8 cm³/mol. The largest absolute Gasteiger partial charge is 0.472 e. The Morgan fingerprint density at radius 2 is 2.26 bits per heavy atom. The Morgan fingerprint density at radius 3 is 2.95 bits per heavy atom. The van der Waals surface area contributed by atoms with Gasteiger partial charge in [-0.05, 0) is 31.2 Å². The van der Waals surface area contributed by atoms with E-state index >= 15 is 0 Å². The zero-order valence-corrected chi connectivity index (χ0v) is 10.7. The lowest BCUT2D eigenvalue weighted by molar-refractivity contribution is 0.0527. The van der Waals surface area contributed by atoms with Crippen LogP contribution in [0.1, 0.15) is 22.8 Å². The highest BCUT2D eigenvalue weighted by atomic mass is 16.5. The normalized spacial score (nSPS) is 10.2. The van der Waals surface area contributed by atoms with Gasteiger partial charge in [-0.2, -0.15) is 0 Å². The van der Waals surface area contributed by atoms with E-state index in [4.69, 9.17) is 14.9 Å². The second kappa shape index (κ2) is 5.95. The molecule has 1 aromatic carbocycles. The van der Waals surface area contributed by atoms with Gasteiger partial charge in [-0.15, -0.1) is 0 Å². The topological polar surface area (TPSA) is 77.5 Å². The van der Waals surface area contributed by atoms with Crippen LogP contribution < -0.4 is 11.1 Å². The number of carbonyl (C=O) groups excluding carboxylic acids is 1. The molecule has 0 saturated heterocycles. The van der Waals surface area contributed by atoms with E-state index in [-0.39, 0.29) is 5.97 Å². The first-order valence-electron chi connectivity index (χ1n) is 6.02. The van der Waals surface area contributed by atoms with Crippen molar-refractivity contribution >= 4 is 17.3 Å². The molecule has 5 nitrogen and oxygen atoms in total. The summed E-state index contributed by atoms with van der Waals surface area (Å²) in [5.74, 6) is -0.385. The number of hydrogen-bond acceptors (Lipinski definition) is 5. The molecule has 0 aliphatic heterocycles. The van der Waals surface area contributed by atoms with Crippen LogP contribution in [0.4, 0.5) is 11.4 Å². The van der Waals surface area contributed by atoms with Crippen LogP contribution >= 0.6 is 0 Å². The fraction of sp³-hybridized carbons (Fsp3) is 0.214. The summed E-state index contributed by atoms with van der Waals surface area (Å²) in [6, 6.07) is 6.96. The monoisotopic (exact) mass is 260 g/mol. The van der Waals surface area contributed by atoms with Crippen LogP contribution in [0.3, 0.4) is 0 Å². The van der Waals surface area contributed by atoms with Crippen molar-refractivity contribution in [2.75, 3.05) is 17.7 Å². The Balaban J connectivity index is 2.16. The molecule has 0 spiro atoms. The number of nitrogens with one attached hydrogen (secondary N) is 1. The number of benzene rings is 1. The third-order valence-corrected chi connectivity index (χ3v) is 2.60. The van der Waals surface area contributed by atoms with E-state index in [0.29, 0.717) is 30.1 Å². The molecule has 0 fully saturated rings. The van der Waals surface area contributed by atoms with E-state index < -0.39 is 0 Å². The lowest BCUT2D eigenvalue weighted by Gasteiger charge is -2.11. The van der Waals surface area contributed by atoms with E-state index in [2.05, 4.69) is 5.32 Å². The van der Waals surface area contributed by atoms with Gasteiger partial charge < -0.3 is 20.2 Å². The quantitative estimate of drug-likeness (QED) is 0.638. The van der Waals surface area contributed by atoms with Crippen LogP contribution in [0.15, 0.2) is 41.2 Å². The maximum Gasteiger partial charge on any atom is 0.340 e. The van der Waals surface area contributed by atoms with Crippen LogP contribution in [0.5, 0.6) is 0 Å². The Morgan fingerprint density at radius 1 is 1.42 bits per heavy atom. The zero-order valence-electron chi connectivity index (χ0n) is 10.7. The maximum atomic E-state index is 11.8. The molecule has 5 heteroatoms. The minimum absolute atomic E-state index is 0.328. The summed E-state index contributed by atoms with van der Waals surface area (Å²) in [6.07, 6.45) is 3.25. The third-order valence-electron chi connectivity index (χ3n) is 2.60. The number of carbonyl (C=O) groups is 1. The highest BCUT2D eigenvalue weighted by Crippen LogP contribution is 2.21. The van der Waals surface area contributed by atoms with Crippen molar-refractivity contribution in [3.05, 3.63) is 47.9 Å². The Kier molecular flexibility index (Phi) is 4.07. The summed E-state index contributed by atoms with van der Waals surface area (Å²) in [4.78, 5) is 11.8. The molecule has 0 aliphatic rings. The zero-order chi connectivity index (χ0) is 13.7. The van der Waals surface area contributed by atoms with Crippen LogP contribution in [0.2, 0.25) is 0 Å². The number of rotatable bonds is 5. The molecule has 2 aromatic rings. The van der Waals surface area contributed by atoms with Crippen LogP contribution in [-0.4, -0.2) is 12.6 Å². The first-order chi connectivity index (χ1) is 9.20. The van der Waals surface area contributed by atoms with Crippen molar-refractivity contribution in [1.82, 2.24) is 0 Å². The maximum absolute atomic E-state index is 11.8. The van der Waals surface area contributed by atoms with E-state index in [1.807, 2.05) is 6.07 Å². The Hall–Kier alpha value is -2.43. The Labute approximate surface area is 111 Å². The van der Waals surface area contributed by atoms with Crippen molar-refractivity contribution in [2.24, 2.45) is 0 Å². The lowest BCUT2D eigenvalue weighted by Crippen LogP contribution is -2.10.